The van der Waals surface area contributed by atoms with Crippen molar-refractivity contribution in [1.82, 2.24) is 9.97 Å². The highest BCUT2D eigenvalue weighted by molar-refractivity contribution is 5.51. The van der Waals surface area contributed by atoms with Crippen LogP contribution in [-0.2, 0) is 0 Å². The maximum atomic E-state index is 4.79. The van der Waals surface area contributed by atoms with Gasteiger partial charge in [0.15, 0.2) is 0 Å². The summed E-state index contributed by atoms with van der Waals surface area (Å²) < 4.78 is 0. The quantitative estimate of drug-likeness (QED) is 0.903. The van der Waals surface area contributed by atoms with Crippen LogP contribution in [0, 0.1) is 0 Å². The Morgan fingerprint density at radius 3 is 2.68 bits per heavy atom. The molecule has 1 aromatic rings. The SMILES string of the molecule is CCC1CCC(C)N1c1cc(NC)nc(C(C)C)n1. The zero-order valence-corrected chi connectivity index (χ0v) is 12.8. The second kappa shape index (κ2) is 5.76. The third-order valence-electron chi connectivity index (χ3n) is 4.02. The average Bonchev–Trinajstić information content (AvgIpc) is 2.79. The molecule has 4 nitrogen and oxygen atoms in total. The van der Waals surface area contributed by atoms with Crippen molar-refractivity contribution >= 4 is 11.6 Å². The van der Waals surface area contributed by atoms with Crippen molar-refractivity contribution < 1.29 is 0 Å². The standard InChI is InChI=1S/C15H26N4/c1-6-12-8-7-11(4)19(12)14-9-13(16-5)17-15(18-14)10(2)3/h9-12H,6-8H2,1-5H3,(H,16,17,18). The summed E-state index contributed by atoms with van der Waals surface area (Å²) >= 11 is 0. The Labute approximate surface area is 116 Å². The first-order valence-corrected chi connectivity index (χ1v) is 7.41. The fraction of sp³-hybridized carbons (Fsp3) is 0.733. The molecular formula is C15H26N4. The Kier molecular flexibility index (Phi) is 4.27. The van der Waals surface area contributed by atoms with Crippen LogP contribution in [0.1, 0.15) is 58.7 Å². The number of aromatic nitrogens is 2. The maximum absolute atomic E-state index is 4.79. The third kappa shape index (κ3) is 2.82. The van der Waals surface area contributed by atoms with Gasteiger partial charge < -0.3 is 10.2 Å². The van der Waals surface area contributed by atoms with Gasteiger partial charge in [-0.3, -0.25) is 0 Å². The van der Waals surface area contributed by atoms with Gasteiger partial charge in [-0.2, -0.15) is 0 Å². The van der Waals surface area contributed by atoms with E-state index in [0.29, 0.717) is 18.0 Å². The average molecular weight is 262 g/mol. The molecule has 2 atom stereocenters. The monoisotopic (exact) mass is 262 g/mol. The molecule has 1 aromatic heterocycles. The lowest BCUT2D eigenvalue weighted by atomic mass is 10.1. The molecule has 0 aliphatic carbocycles. The van der Waals surface area contributed by atoms with Crippen molar-refractivity contribution in [1.29, 1.82) is 0 Å². The number of rotatable bonds is 4. The topological polar surface area (TPSA) is 41.0 Å². The smallest absolute Gasteiger partial charge is 0.135 e. The lowest BCUT2D eigenvalue weighted by molar-refractivity contribution is 0.616. The first kappa shape index (κ1) is 14.1. The molecule has 4 heteroatoms. The van der Waals surface area contributed by atoms with E-state index < -0.39 is 0 Å². The second-order valence-corrected chi connectivity index (χ2v) is 5.77. The molecule has 1 aliphatic rings. The summed E-state index contributed by atoms with van der Waals surface area (Å²) in [6.45, 7) is 8.84. The molecule has 0 bridgehead atoms. The summed E-state index contributed by atoms with van der Waals surface area (Å²) in [5.74, 6) is 3.28. The minimum absolute atomic E-state index is 0.352. The highest BCUT2D eigenvalue weighted by Crippen LogP contribution is 2.32. The van der Waals surface area contributed by atoms with Gasteiger partial charge in [0.05, 0.1) is 0 Å². The normalized spacial score (nSPS) is 23.2. The van der Waals surface area contributed by atoms with Crippen molar-refractivity contribution in [3.8, 4) is 0 Å². The lowest BCUT2D eigenvalue weighted by Crippen LogP contribution is -2.35. The van der Waals surface area contributed by atoms with Gasteiger partial charge in [-0.15, -0.1) is 0 Å². The fourth-order valence-corrected chi connectivity index (χ4v) is 2.86. The van der Waals surface area contributed by atoms with Gasteiger partial charge in [0, 0.05) is 31.1 Å². The van der Waals surface area contributed by atoms with Gasteiger partial charge in [0.1, 0.15) is 17.5 Å². The van der Waals surface area contributed by atoms with Crippen LogP contribution in [0.4, 0.5) is 11.6 Å². The summed E-state index contributed by atoms with van der Waals surface area (Å²) in [4.78, 5) is 11.8. The van der Waals surface area contributed by atoms with E-state index >= 15 is 0 Å². The lowest BCUT2D eigenvalue weighted by Gasteiger charge is -2.30. The largest absolute Gasteiger partial charge is 0.373 e. The second-order valence-electron chi connectivity index (χ2n) is 5.77. The Bertz CT molecular complexity index is 430. The van der Waals surface area contributed by atoms with Crippen molar-refractivity contribution in [3.05, 3.63) is 11.9 Å². The fourth-order valence-electron chi connectivity index (χ4n) is 2.86. The summed E-state index contributed by atoms with van der Waals surface area (Å²) in [5.41, 5.74) is 0. The molecule has 1 saturated heterocycles. The summed E-state index contributed by atoms with van der Waals surface area (Å²) in [7, 11) is 1.92. The first-order chi connectivity index (χ1) is 9.06. The molecule has 2 rings (SSSR count). The van der Waals surface area contributed by atoms with Crippen molar-refractivity contribution in [2.24, 2.45) is 0 Å². The van der Waals surface area contributed by atoms with E-state index in [4.69, 9.17) is 4.98 Å². The van der Waals surface area contributed by atoms with Gasteiger partial charge >= 0.3 is 0 Å². The van der Waals surface area contributed by atoms with E-state index in [1.165, 1.54) is 19.3 Å². The van der Waals surface area contributed by atoms with E-state index in [2.05, 4.69) is 49.0 Å². The summed E-state index contributed by atoms with van der Waals surface area (Å²) in [6.07, 6.45) is 3.71. The van der Waals surface area contributed by atoms with Crippen LogP contribution in [-0.4, -0.2) is 29.1 Å². The zero-order chi connectivity index (χ0) is 14.0. The Morgan fingerprint density at radius 1 is 1.37 bits per heavy atom. The van der Waals surface area contributed by atoms with E-state index in [1.54, 1.807) is 0 Å². The first-order valence-electron chi connectivity index (χ1n) is 7.41. The number of anilines is 2. The summed E-state index contributed by atoms with van der Waals surface area (Å²) in [5, 5.41) is 3.16. The number of nitrogens with zero attached hydrogens (tertiary/aromatic N) is 3. The predicted octanol–water partition coefficient (Wildman–Crippen LogP) is 3.41. The molecule has 2 heterocycles. The molecule has 1 N–H and O–H groups in total. The number of hydrogen-bond donors (Lipinski definition) is 1. The predicted molar refractivity (Wildman–Crippen MR) is 80.9 cm³/mol. The highest BCUT2D eigenvalue weighted by atomic mass is 15.3. The Balaban J connectivity index is 2.40. The number of nitrogens with one attached hydrogen (secondary N) is 1. The van der Waals surface area contributed by atoms with Gasteiger partial charge in [-0.1, -0.05) is 20.8 Å². The van der Waals surface area contributed by atoms with Gasteiger partial charge in [0.25, 0.3) is 0 Å². The molecule has 1 aliphatic heterocycles. The van der Waals surface area contributed by atoms with Crippen LogP contribution in [0.15, 0.2) is 6.07 Å². The van der Waals surface area contributed by atoms with E-state index in [0.717, 1.165) is 17.5 Å². The Morgan fingerprint density at radius 2 is 2.11 bits per heavy atom. The van der Waals surface area contributed by atoms with E-state index in [-0.39, 0.29) is 0 Å². The van der Waals surface area contributed by atoms with Crippen molar-refractivity contribution in [2.75, 3.05) is 17.3 Å². The molecule has 0 saturated carbocycles. The van der Waals surface area contributed by atoms with Crippen molar-refractivity contribution in [3.63, 3.8) is 0 Å². The van der Waals surface area contributed by atoms with E-state index in [9.17, 15) is 0 Å². The minimum atomic E-state index is 0.352. The van der Waals surface area contributed by atoms with Crippen LogP contribution >= 0.6 is 0 Å². The van der Waals surface area contributed by atoms with E-state index in [1.807, 2.05) is 7.05 Å². The molecular weight excluding hydrogens is 236 g/mol. The molecule has 2 unspecified atom stereocenters. The minimum Gasteiger partial charge on any atom is -0.373 e. The summed E-state index contributed by atoms with van der Waals surface area (Å²) in [6, 6.07) is 3.27. The van der Waals surface area contributed by atoms with Crippen LogP contribution < -0.4 is 10.2 Å². The molecule has 0 amide bonds. The van der Waals surface area contributed by atoms with Crippen molar-refractivity contribution in [2.45, 2.75) is 65.0 Å². The van der Waals surface area contributed by atoms with Crippen LogP contribution in [0.5, 0.6) is 0 Å². The highest BCUT2D eigenvalue weighted by Gasteiger charge is 2.30. The van der Waals surface area contributed by atoms with Crippen LogP contribution in [0.3, 0.4) is 0 Å². The molecule has 0 spiro atoms. The zero-order valence-electron chi connectivity index (χ0n) is 12.8. The maximum Gasteiger partial charge on any atom is 0.135 e. The molecule has 106 valence electrons. The van der Waals surface area contributed by atoms with Crippen LogP contribution in [0.2, 0.25) is 0 Å². The number of hydrogen-bond acceptors (Lipinski definition) is 4. The molecule has 0 radical (unpaired) electrons. The molecule has 19 heavy (non-hydrogen) atoms. The van der Waals surface area contributed by atoms with Gasteiger partial charge in [-0.05, 0) is 26.2 Å². The Hall–Kier alpha value is -1.32. The van der Waals surface area contributed by atoms with Crippen LogP contribution in [0.25, 0.3) is 0 Å². The molecule has 1 fully saturated rings. The third-order valence-corrected chi connectivity index (χ3v) is 4.02. The molecule has 0 aromatic carbocycles. The van der Waals surface area contributed by atoms with Gasteiger partial charge in [0.2, 0.25) is 0 Å². The van der Waals surface area contributed by atoms with Gasteiger partial charge in [-0.25, -0.2) is 9.97 Å².